The molecule has 0 radical (unpaired) electrons. The van der Waals surface area contributed by atoms with Gasteiger partial charge in [0.1, 0.15) is 0 Å². The molecule has 3 aromatic rings. The summed E-state index contributed by atoms with van der Waals surface area (Å²) in [6.07, 6.45) is -3.25. The van der Waals surface area contributed by atoms with E-state index in [0.717, 1.165) is 0 Å². The van der Waals surface area contributed by atoms with Crippen LogP contribution in [-0.2, 0) is 19.1 Å². The summed E-state index contributed by atoms with van der Waals surface area (Å²) in [5, 5.41) is 17.7. The molecule has 13 heteroatoms. The molecule has 37 heavy (non-hydrogen) atoms. The third-order valence-electron chi connectivity index (χ3n) is 6.23. The van der Waals surface area contributed by atoms with Gasteiger partial charge in [-0.3, -0.25) is 14.4 Å². The summed E-state index contributed by atoms with van der Waals surface area (Å²) in [6.45, 7) is 1.99. The molecule has 2 aromatic carbocycles. The summed E-state index contributed by atoms with van der Waals surface area (Å²) in [4.78, 5) is 42.0. The van der Waals surface area contributed by atoms with Crippen LogP contribution in [0.25, 0.3) is 11.0 Å². The van der Waals surface area contributed by atoms with E-state index in [1.54, 1.807) is 23.1 Å². The average Bonchev–Trinajstić information content (AvgIpc) is 3.28. The van der Waals surface area contributed by atoms with Gasteiger partial charge in [0.2, 0.25) is 0 Å². The number of anilines is 3. The number of nitrogens with one attached hydrogen (secondary N) is 1. The lowest BCUT2D eigenvalue weighted by Crippen LogP contribution is -2.55. The number of aliphatic hydroxyl groups is 1. The first-order valence-corrected chi connectivity index (χ1v) is 11.9. The highest BCUT2D eigenvalue weighted by molar-refractivity contribution is 6.34. The summed E-state index contributed by atoms with van der Waals surface area (Å²) < 4.78 is 15.9. The van der Waals surface area contributed by atoms with E-state index < -0.39 is 24.0 Å². The Hall–Kier alpha value is -3.71. The molecule has 2 aliphatic heterocycles. The monoisotopic (exact) mass is 529 g/mol. The van der Waals surface area contributed by atoms with Gasteiger partial charge in [-0.05, 0) is 30.3 Å². The van der Waals surface area contributed by atoms with Crippen molar-refractivity contribution in [3.05, 3.63) is 47.0 Å². The van der Waals surface area contributed by atoms with E-state index in [4.69, 9.17) is 31.3 Å². The molecule has 0 spiro atoms. The molecule has 0 bridgehead atoms. The highest BCUT2D eigenvalue weighted by Crippen LogP contribution is 2.28. The second-order valence-corrected chi connectivity index (χ2v) is 8.97. The minimum atomic E-state index is -1.80. The molecule has 194 valence electrons. The molecule has 3 heterocycles. The quantitative estimate of drug-likeness (QED) is 0.442. The Labute approximate surface area is 215 Å². The molecule has 2 fully saturated rings. The highest BCUT2D eigenvalue weighted by atomic mass is 35.5. The lowest BCUT2D eigenvalue weighted by atomic mass is 10.1. The Balaban J connectivity index is 1.31. The standard InChI is InChI=1S/C24H24ClN5O7/c25-17-4-2-14(12-16(17)23(33)29-5-8-35-9-6-29)30-7-10-36-20(24(30)34)19(31)22(32)27-13-1-3-15-18(11-13)37-28-21(15)26/h1-4,11-12,19-20,31H,5-10H2,(H2,26,28)(H,27,32). The zero-order valence-corrected chi connectivity index (χ0v) is 20.3. The van der Waals surface area contributed by atoms with Gasteiger partial charge in [0, 0.05) is 37.1 Å². The summed E-state index contributed by atoms with van der Waals surface area (Å²) in [7, 11) is 0. The number of nitrogens with zero attached hydrogens (tertiary/aromatic N) is 3. The SMILES string of the molecule is Nc1noc2cc(NC(=O)C(O)C3OCCN(c4ccc(Cl)c(C(=O)N5CCOCC5)c4)C3=O)ccc12. The molecule has 3 amide bonds. The van der Waals surface area contributed by atoms with Gasteiger partial charge in [0.15, 0.2) is 23.6 Å². The lowest BCUT2D eigenvalue weighted by Gasteiger charge is -2.34. The fraction of sp³-hybridized carbons (Fsp3) is 0.333. The number of carbonyl (C=O) groups is 3. The molecule has 5 rings (SSSR count). The van der Waals surface area contributed by atoms with Gasteiger partial charge in [-0.15, -0.1) is 0 Å². The van der Waals surface area contributed by atoms with Crippen molar-refractivity contribution in [2.24, 2.45) is 0 Å². The maximum Gasteiger partial charge on any atom is 0.259 e. The van der Waals surface area contributed by atoms with Crippen molar-refractivity contribution < 1.29 is 33.5 Å². The molecular formula is C24H24ClN5O7. The van der Waals surface area contributed by atoms with Crippen LogP contribution in [-0.4, -0.2) is 84.5 Å². The van der Waals surface area contributed by atoms with Crippen molar-refractivity contribution in [1.29, 1.82) is 0 Å². The number of morpholine rings is 2. The van der Waals surface area contributed by atoms with Crippen molar-refractivity contribution in [2.75, 3.05) is 55.4 Å². The van der Waals surface area contributed by atoms with Crippen molar-refractivity contribution in [2.45, 2.75) is 12.2 Å². The van der Waals surface area contributed by atoms with Crippen LogP contribution in [0.2, 0.25) is 5.02 Å². The largest absolute Gasteiger partial charge is 0.380 e. The number of hydrogen-bond donors (Lipinski definition) is 3. The highest BCUT2D eigenvalue weighted by Gasteiger charge is 2.39. The fourth-order valence-corrected chi connectivity index (χ4v) is 4.46. The van der Waals surface area contributed by atoms with Crippen molar-refractivity contribution in [3.63, 3.8) is 0 Å². The summed E-state index contributed by atoms with van der Waals surface area (Å²) in [5.74, 6) is -1.52. The molecule has 1 aromatic heterocycles. The fourth-order valence-electron chi connectivity index (χ4n) is 4.26. The van der Waals surface area contributed by atoms with Gasteiger partial charge in [0.25, 0.3) is 17.7 Å². The molecule has 2 saturated heterocycles. The van der Waals surface area contributed by atoms with Crippen LogP contribution in [0, 0.1) is 0 Å². The molecule has 2 aliphatic rings. The number of nitrogens with two attached hydrogens (primary N) is 1. The Morgan fingerprint density at radius 2 is 1.92 bits per heavy atom. The van der Waals surface area contributed by atoms with Gasteiger partial charge in [-0.2, -0.15) is 0 Å². The van der Waals surface area contributed by atoms with Crippen LogP contribution >= 0.6 is 11.6 Å². The van der Waals surface area contributed by atoms with Crippen LogP contribution in [0.4, 0.5) is 17.2 Å². The summed E-state index contributed by atoms with van der Waals surface area (Å²) >= 11 is 6.30. The second-order valence-electron chi connectivity index (χ2n) is 8.56. The molecule has 2 unspecified atom stereocenters. The number of halogens is 1. The van der Waals surface area contributed by atoms with Crippen LogP contribution in [0.5, 0.6) is 0 Å². The summed E-state index contributed by atoms with van der Waals surface area (Å²) in [5.41, 5.74) is 7.02. The number of ether oxygens (including phenoxy) is 2. The third-order valence-corrected chi connectivity index (χ3v) is 6.56. The van der Waals surface area contributed by atoms with E-state index in [1.807, 2.05) is 0 Å². The maximum absolute atomic E-state index is 13.2. The molecular weight excluding hydrogens is 506 g/mol. The normalized spacial score (nSPS) is 19.2. The van der Waals surface area contributed by atoms with E-state index in [-0.39, 0.29) is 35.5 Å². The van der Waals surface area contributed by atoms with Crippen LogP contribution in [0.3, 0.4) is 0 Å². The van der Waals surface area contributed by atoms with Gasteiger partial charge < -0.3 is 40.0 Å². The minimum Gasteiger partial charge on any atom is -0.380 e. The van der Waals surface area contributed by atoms with Gasteiger partial charge >= 0.3 is 0 Å². The number of aliphatic hydroxyl groups excluding tert-OH is 1. The number of carbonyl (C=O) groups excluding carboxylic acids is 3. The predicted molar refractivity (Wildman–Crippen MR) is 133 cm³/mol. The molecule has 12 nitrogen and oxygen atoms in total. The Morgan fingerprint density at radius 1 is 1.14 bits per heavy atom. The van der Waals surface area contributed by atoms with Gasteiger partial charge in [0.05, 0.1) is 35.8 Å². The topological polar surface area (TPSA) is 160 Å². The van der Waals surface area contributed by atoms with E-state index >= 15 is 0 Å². The van der Waals surface area contributed by atoms with Gasteiger partial charge in [-0.25, -0.2) is 0 Å². The Kier molecular flexibility index (Phi) is 6.98. The molecule has 4 N–H and O–H groups in total. The first-order valence-electron chi connectivity index (χ1n) is 11.6. The number of benzene rings is 2. The Bertz CT molecular complexity index is 1360. The number of fused-ring (bicyclic) bond motifs is 1. The predicted octanol–water partition coefficient (Wildman–Crippen LogP) is 1.27. The van der Waals surface area contributed by atoms with Crippen molar-refractivity contribution in [3.8, 4) is 0 Å². The number of hydrogen-bond acceptors (Lipinski definition) is 9. The smallest absolute Gasteiger partial charge is 0.259 e. The van der Waals surface area contributed by atoms with Crippen LogP contribution in [0.1, 0.15) is 10.4 Å². The van der Waals surface area contributed by atoms with E-state index in [2.05, 4.69) is 10.5 Å². The minimum absolute atomic E-state index is 0.0689. The van der Waals surface area contributed by atoms with E-state index in [9.17, 15) is 19.5 Å². The van der Waals surface area contributed by atoms with Crippen LogP contribution < -0.4 is 16.0 Å². The second kappa shape index (κ2) is 10.3. The third kappa shape index (κ3) is 4.96. The molecule has 0 saturated carbocycles. The number of rotatable bonds is 5. The van der Waals surface area contributed by atoms with E-state index in [0.29, 0.717) is 48.6 Å². The molecule has 2 atom stereocenters. The Morgan fingerprint density at radius 3 is 2.70 bits per heavy atom. The van der Waals surface area contributed by atoms with Gasteiger partial charge in [-0.1, -0.05) is 16.8 Å². The first-order chi connectivity index (χ1) is 17.8. The lowest BCUT2D eigenvalue weighted by molar-refractivity contribution is -0.150. The first kappa shape index (κ1) is 25.0. The molecule has 0 aliphatic carbocycles. The maximum atomic E-state index is 13.2. The summed E-state index contributed by atoms with van der Waals surface area (Å²) in [6, 6.07) is 9.35. The number of aromatic nitrogens is 1. The van der Waals surface area contributed by atoms with E-state index in [1.165, 1.54) is 23.1 Å². The zero-order valence-electron chi connectivity index (χ0n) is 19.6. The number of amides is 3. The number of nitrogen functional groups attached to an aromatic ring is 1. The van der Waals surface area contributed by atoms with Crippen molar-refractivity contribution in [1.82, 2.24) is 10.1 Å². The van der Waals surface area contributed by atoms with Crippen LogP contribution in [0.15, 0.2) is 40.9 Å². The zero-order chi connectivity index (χ0) is 26.1. The van der Waals surface area contributed by atoms with Crippen molar-refractivity contribution >= 4 is 57.5 Å². The average molecular weight is 530 g/mol.